The van der Waals surface area contributed by atoms with Crippen molar-refractivity contribution < 1.29 is 32.3 Å². The summed E-state index contributed by atoms with van der Waals surface area (Å²) >= 11 is 0. The predicted molar refractivity (Wildman–Crippen MR) is 101 cm³/mol. The van der Waals surface area contributed by atoms with Gasteiger partial charge >= 0.3 is 11.9 Å². The number of benzene rings is 2. The van der Waals surface area contributed by atoms with Gasteiger partial charge in [-0.05, 0) is 36.4 Å². The first-order valence-corrected chi connectivity index (χ1v) is 8.66. The molecule has 0 aliphatic carbocycles. The molecule has 0 fully saturated rings. The number of para-hydroxylation sites is 2. The Hall–Kier alpha value is -4.26. The van der Waals surface area contributed by atoms with Crippen molar-refractivity contribution in [1.82, 2.24) is 0 Å². The maximum atomic E-state index is 12.2. The SMILES string of the molecule is O=C(Oc1cccc2c1oc1c(OC(=O)c3ccco3)cccc12)c1ccco1. The summed E-state index contributed by atoms with van der Waals surface area (Å²) in [7, 11) is 0. The van der Waals surface area contributed by atoms with Crippen LogP contribution in [0.1, 0.15) is 21.1 Å². The Balaban J connectivity index is 1.56. The average Bonchev–Trinajstić information content (AvgIpc) is 3.48. The Morgan fingerprint density at radius 3 is 1.52 bits per heavy atom. The lowest BCUT2D eigenvalue weighted by Gasteiger charge is -2.02. The first kappa shape index (κ1) is 16.9. The number of hydrogen-bond donors (Lipinski definition) is 0. The zero-order chi connectivity index (χ0) is 19.8. The van der Waals surface area contributed by atoms with Crippen molar-refractivity contribution in [3.05, 3.63) is 84.7 Å². The molecule has 0 N–H and O–H groups in total. The molecule has 0 spiro atoms. The molecule has 7 nitrogen and oxygen atoms in total. The minimum Gasteiger partial charge on any atom is -0.457 e. The fraction of sp³-hybridized carbons (Fsp3) is 0. The van der Waals surface area contributed by atoms with Gasteiger partial charge < -0.3 is 22.7 Å². The zero-order valence-corrected chi connectivity index (χ0v) is 14.8. The zero-order valence-electron chi connectivity index (χ0n) is 14.8. The molecule has 0 bridgehead atoms. The lowest BCUT2D eigenvalue weighted by atomic mass is 10.1. The highest BCUT2D eigenvalue weighted by molar-refractivity contribution is 6.09. The largest absolute Gasteiger partial charge is 0.457 e. The smallest absolute Gasteiger partial charge is 0.379 e. The number of hydrogen-bond acceptors (Lipinski definition) is 7. The van der Waals surface area contributed by atoms with Gasteiger partial charge in [-0.15, -0.1) is 0 Å². The topological polar surface area (TPSA) is 92.0 Å². The molecule has 29 heavy (non-hydrogen) atoms. The van der Waals surface area contributed by atoms with Crippen LogP contribution in [0.3, 0.4) is 0 Å². The van der Waals surface area contributed by atoms with E-state index >= 15 is 0 Å². The summed E-state index contributed by atoms with van der Waals surface area (Å²) in [6.07, 6.45) is 2.77. The Bertz CT molecular complexity index is 1220. The van der Waals surface area contributed by atoms with E-state index < -0.39 is 11.9 Å². The third-order valence-electron chi connectivity index (χ3n) is 4.30. The molecule has 3 aromatic heterocycles. The third-order valence-corrected chi connectivity index (χ3v) is 4.30. The molecule has 5 rings (SSSR count). The van der Waals surface area contributed by atoms with Crippen LogP contribution >= 0.6 is 0 Å². The van der Waals surface area contributed by atoms with Crippen LogP contribution in [0.5, 0.6) is 11.5 Å². The van der Waals surface area contributed by atoms with E-state index in [-0.39, 0.29) is 23.0 Å². The van der Waals surface area contributed by atoms with Gasteiger partial charge in [0, 0.05) is 10.8 Å². The van der Waals surface area contributed by atoms with Crippen LogP contribution in [0.2, 0.25) is 0 Å². The van der Waals surface area contributed by atoms with Crippen molar-refractivity contribution in [3.63, 3.8) is 0 Å². The van der Waals surface area contributed by atoms with Crippen molar-refractivity contribution >= 4 is 33.9 Å². The maximum Gasteiger partial charge on any atom is 0.379 e. The van der Waals surface area contributed by atoms with Crippen molar-refractivity contribution in [2.24, 2.45) is 0 Å². The van der Waals surface area contributed by atoms with E-state index in [2.05, 4.69) is 0 Å². The van der Waals surface area contributed by atoms with Gasteiger partial charge in [0.25, 0.3) is 0 Å². The summed E-state index contributed by atoms with van der Waals surface area (Å²) in [4.78, 5) is 24.5. The highest BCUT2D eigenvalue weighted by atomic mass is 16.6. The predicted octanol–water partition coefficient (Wildman–Crippen LogP) is 5.21. The van der Waals surface area contributed by atoms with Crippen molar-refractivity contribution in [1.29, 1.82) is 0 Å². The lowest BCUT2D eigenvalue weighted by Crippen LogP contribution is -2.07. The van der Waals surface area contributed by atoms with E-state index in [0.717, 1.165) is 0 Å². The molecule has 0 aliphatic heterocycles. The monoisotopic (exact) mass is 388 g/mol. The van der Waals surface area contributed by atoms with E-state index in [1.54, 1.807) is 36.4 Å². The van der Waals surface area contributed by atoms with Crippen LogP contribution in [0.4, 0.5) is 0 Å². The summed E-state index contributed by atoms with van der Waals surface area (Å²) in [5, 5.41) is 1.42. The molecule has 7 heteroatoms. The maximum absolute atomic E-state index is 12.2. The van der Waals surface area contributed by atoms with E-state index in [9.17, 15) is 9.59 Å². The number of rotatable bonds is 4. The Labute approximate surface area is 163 Å². The molecule has 0 aliphatic rings. The summed E-state index contributed by atoms with van der Waals surface area (Å²) in [6.45, 7) is 0. The normalized spacial score (nSPS) is 11.0. The summed E-state index contributed by atoms with van der Waals surface area (Å²) in [6, 6.07) is 16.6. The summed E-state index contributed by atoms with van der Waals surface area (Å²) in [5.74, 6) is -0.691. The number of carbonyl (C=O) groups is 2. The first-order chi connectivity index (χ1) is 14.2. The van der Waals surface area contributed by atoms with Gasteiger partial charge in [-0.1, -0.05) is 24.3 Å². The van der Waals surface area contributed by atoms with Gasteiger partial charge in [-0.3, -0.25) is 0 Å². The van der Waals surface area contributed by atoms with E-state index in [1.165, 1.54) is 24.7 Å². The van der Waals surface area contributed by atoms with Crippen LogP contribution in [-0.4, -0.2) is 11.9 Å². The number of carbonyl (C=O) groups excluding carboxylic acids is 2. The van der Waals surface area contributed by atoms with E-state index in [0.29, 0.717) is 21.9 Å². The van der Waals surface area contributed by atoms with Crippen molar-refractivity contribution in [3.8, 4) is 11.5 Å². The molecule has 142 valence electrons. The van der Waals surface area contributed by atoms with E-state index in [4.69, 9.17) is 22.7 Å². The number of ether oxygens (including phenoxy) is 2. The number of fused-ring (bicyclic) bond motifs is 3. The van der Waals surface area contributed by atoms with Gasteiger partial charge in [-0.2, -0.15) is 0 Å². The second kappa shape index (κ2) is 6.72. The van der Waals surface area contributed by atoms with Gasteiger partial charge in [0.05, 0.1) is 12.5 Å². The molecular weight excluding hydrogens is 376 g/mol. The van der Waals surface area contributed by atoms with Crippen LogP contribution in [0, 0.1) is 0 Å². The second-order valence-electron chi connectivity index (χ2n) is 6.10. The Morgan fingerprint density at radius 2 is 1.10 bits per heavy atom. The fourth-order valence-corrected chi connectivity index (χ4v) is 3.02. The quantitative estimate of drug-likeness (QED) is 0.308. The van der Waals surface area contributed by atoms with Crippen LogP contribution in [0.15, 0.2) is 86.4 Å². The highest BCUT2D eigenvalue weighted by Crippen LogP contribution is 2.39. The minimum absolute atomic E-state index is 0.0752. The molecule has 0 amide bonds. The molecule has 0 radical (unpaired) electrons. The van der Waals surface area contributed by atoms with Gasteiger partial charge in [0.15, 0.2) is 22.7 Å². The van der Waals surface area contributed by atoms with Crippen LogP contribution in [0.25, 0.3) is 21.9 Å². The van der Waals surface area contributed by atoms with E-state index in [1.807, 2.05) is 12.1 Å². The molecular formula is C22H12O7. The standard InChI is InChI=1S/C22H12O7/c23-21(17-9-3-11-25-17)27-15-7-1-5-13-14-6-2-8-16(20(14)29-19(13)15)28-22(24)18-10-4-12-26-18/h1-12H. The average molecular weight is 388 g/mol. The molecule has 0 saturated carbocycles. The molecule has 2 aromatic carbocycles. The Kier molecular flexibility index (Phi) is 3.91. The lowest BCUT2D eigenvalue weighted by molar-refractivity contribution is 0.0695. The van der Waals surface area contributed by atoms with Crippen molar-refractivity contribution in [2.45, 2.75) is 0 Å². The molecule has 5 aromatic rings. The number of esters is 2. The van der Waals surface area contributed by atoms with Gasteiger partial charge in [0.1, 0.15) is 0 Å². The molecule has 0 saturated heterocycles. The second-order valence-corrected chi connectivity index (χ2v) is 6.10. The summed E-state index contributed by atoms with van der Waals surface area (Å²) < 4.78 is 26.9. The van der Waals surface area contributed by atoms with Crippen LogP contribution < -0.4 is 9.47 Å². The summed E-state index contributed by atoms with van der Waals surface area (Å²) in [5.41, 5.74) is 0.702. The van der Waals surface area contributed by atoms with Crippen molar-refractivity contribution in [2.75, 3.05) is 0 Å². The minimum atomic E-state index is -0.646. The number of furan rings is 3. The van der Waals surface area contributed by atoms with Gasteiger partial charge in [-0.25, -0.2) is 9.59 Å². The molecule has 0 unspecified atom stereocenters. The third kappa shape index (κ3) is 2.94. The van der Waals surface area contributed by atoms with Gasteiger partial charge in [0.2, 0.25) is 11.5 Å². The highest BCUT2D eigenvalue weighted by Gasteiger charge is 2.20. The fourth-order valence-electron chi connectivity index (χ4n) is 3.02. The molecule has 0 atom stereocenters. The Morgan fingerprint density at radius 1 is 0.621 bits per heavy atom. The first-order valence-electron chi connectivity index (χ1n) is 8.66. The molecule has 3 heterocycles. The van der Waals surface area contributed by atoms with Crippen LogP contribution in [-0.2, 0) is 0 Å².